The van der Waals surface area contributed by atoms with E-state index in [1.807, 2.05) is 0 Å². The summed E-state index contributed by atoms with van der Waals surface area (Å²) < 4.78 is 0. The number of anilines is 2. The van der Waals surface area contributed by atoms with Crippen molar-refractivity contribution in [2.45, 2.75) is 26.2 Å². The highest BCUT2D eigenvalue weighted by atomic mass is 16.2. The third kappa shape index (κ3) is 4.66. The Kier molecular flexibility index (Phi) is 5.12. The van der Waals surface area contributed by atoms with Gasteiger partial charge in [0.2, 0.25) is 11.8 Å². The second-order valence-electron chi connectivity index (χ2n) is 5.20. The molecule has 2 amide bonds. The predicted molar refractivity (Wildman–Crippen MR) is 79.6 cm³/mol. The minimum absolute atomic E-state index is 0.0455. The summed E-state index contributed by atoms with van der Waals surface area (Å²) in [6.07, 6.45) is 2.65. The fourth-order valence-corrected chi connectivity index (χ4v) is 2.36. The van der Waals surface area contributed by atoms with Gasteiger partial charge >= 0.3 is 0 Å². The highest BCUT2D eigenvalue weighted by Gasteiger charge is 2.15. The quantitative estimate of drug-likeness (QED) is 0.769. The summed E-state index contributed by atoms with van der Waals surface area (Å²) in [5.41, 5.74) is 1.49. The third-order valence-electron chi connectivity index (χ3n) is 3.43. The number of rotatable bonds is 5. The first-order chi connectivity index (χ1) is 9.63. The van der Waals surface area contributed by atoms with Crippen LogP contribution in [0.2, 0.25) is 0 Å². The number of hydrogen-bond donors (Lipinski definition) is 3. The molecular weight excluding hydrogens is 254 g/mol. The number of amides is 2. The molecule has 5 heteroatoms. The van der Waals surface area contributed by atoms with Gasteiger partial charge in [-0.25, -0.2) is 0 Å². The zero-order valence-electron chi connectivity index (χ0n) is 11.7. The Balaban J connectivity index is 1.76. The van der Waals surface area contributed by atoms with Crippen molar-refractivity contribution < 1.29 is 9.59 Å². The second kappa shape index (κ2) is 7.05. The van der Waals surface area contributed by atoms with E-state index < -0.39 is 0 Å². The fourth-order valence-electron chi connectivity index (χ4n) is 2.36. The maximum absolute atomic E-state index is 11.8. The van der Waals surface area contributed by atoms with Crippen molar-refractivity contribution >= 4 is 23.2 Å². The molecule has 0 bridgehead atoms. The molecule has 1 aliphatic rings. The second-order valence-corrected chi connectivity index (χ2v) is 5.20. The lowest BCUT2D eigenvalue weighted by Gasteiger charge is -2.09. The molecule has 1 aromatic carbocycles. The summed E-state index contributed by atoms with van der Waals surface area (Å²) in [4.78, 5) is 22.7. The molecule has 1 saturated heterocycles. The number of carbonyl (C=O) groups excluding carboxylic acids is 2. The Bertz CT molecular complexity index is 465. The predicted octanol–water partition coefficient (Wildman–Crippen LogP) is 1.97. The molecule has 2 rings (SSSR count). The van der Waals surface area contributed by atoms with E-state index >= 15 is 0 Å². The van der Waals surface area contributed by atoms with E-state index in [0.29, 0.717) is 12.3 Å². The molecule has 0 aromatic heterocycles. The average Bonchev–Trinajstić information content (AvgIpc) is 2.91. The van der Waals surface area contributed by atoms with Crippen LogP contribution in [0, 0.1) is 5.92 Å². The van der Waals surface area contributed by atoms with E-state index in [2.05, 4.69) is 16.0 Å². The molecule has 3 N–H and O–H groups in total. The Morgan fingerprint density at radius 1 is 1.20 bits per heavy atom. The molecule has 0 radical (unpaired) electrons. The van der Waals surface area contributed by atoms with Gasteiger partial charge in [0.15, 0.2) is 0 Å². The summed E-state index contributed by atoms with van der Waals surface area (Å²) in [5.74, 6) is 0.569. The summed E-state index contributed by atoms with van der Waals surface area (Å²) in [6, 6.07) is 7.14. The van der Waals surface area contributed by atoms with E-state index in [0.717, 1.165) is 30.9 Å². The van der Waals surface area contributed by atoms with Crippen LogP contribution in [0.25, 0.3) is 0 Å². The first-order valence-electron chi connectivity index (χ1n) is 7.02. The maximum atomic E-state index is 11.8. The Morgan fingerprint density at radius 3 is 2.40 bits per heavy atom. The van der Waals surface area contributed by atoms with Crippen LogP contribution in [0.15, 0.2) is 24.3 Å². The average molecular weight is 275 g/mol. The first kappa shape index (κ1) is 14.5. The molecule has 1 aromatic rings. The van der Waals surface area contributed by atoms with Crippen LogP contribution in [0.3, 0.4) is 0 Å². The molecule has 1 unspecified atom stereocenters. The summed E-state index contributed by atoms with van der Waals surface area (Å²) >= 11 is 0. The van der Waals surface area contributed by atoms with Crippen LogP contribution < -0.4 is 16.0 Å². The zero-order chi connectivity index (χ0) is 14.4. The Hall–Kier alpha value is -1.88. The lowest BCUT2D eigenvalue weighted by Crippen LogP contribution is -2.15. The standard InChI is InChI=1S/C15H21N3O2/c1-11(19)17-13-3-5-14(6-4-13)18-15(20)7-2-12-8-9-16-10-12/h3-6,12,16H,2,7-10H2,1H3,(H,17,19)(H,18,20). The van der Waals surface area contributed by atoms with Crippen molar-refractivity contribution in [2.75, 3.05) is 23.7 Å². The zero-order valence-corrected chi connectivity index (χ0v) is 11.7. The molecular formula is C15H21N3O2. The van der Waals surface area contributed by atoms with Crippen molar-refractivity contribution in [3.63, 3.8) is 0 Å². The van der Waals surface area contributed by atoms with Gasteiger partial charge in [-0.15, -0.1) is 0 Å². The molecule has 1 atom stereocenters. The molecule has 1 heterocycles. The van der Waals surface area contributed by atoms with Gasteiger partial charge in [0.05, 0.1) is 0 Å². The topological polar surface area (TPSA) is 70.2 Å². The molecule has 0 saturated carbocycles. The van der Waals surface area contributed by atoms with Crippen LogP contribution in [0.1, 0.15) is 26.2 Å². The van der Waals surface area contributed by atoms with Crippen molar-refractivity contribution in [3.05, 3.63) is 24.3 Å². The monoisotopic (exact) mass is 275 g/mol. The normalized spacial score (nSPS) is 17.8. The van der Waals surface area contributed by atoms with Gasteiger partial charge in [-0.05, 0) is 56.1 Å². The Morgan fingerprint density at radius 2 is 1.85 bits per heavy atom. The number of hydrogen-bond acceptors (Lipinski definition) is 3. The third-order valence-corrected chi connectivity index (χ3v) is 3.43. The number of nitrogens with one attached hydrogen (secondary N) is 3. The lowest BCUT2D eigenvalue weighted by atomic mass is 10.0. The van der Waals surface area contributed by atoms with Crippen molar-refractivity contribution in [1.29, 1.82) is 0 Å². The Labute approximate surface area is 119 Å². The largest absolute Gasteiger partial charge is 0.326 e. The molecule has 0 aliphatic carbocycles. The first-order valence-corrected chi connectivity index (χ1v) is 7.02. The van der Waals surface area contributed by atoms with Gasteiger partial charge in [0.25, 0.3) is 0 Å². The molecule has 1 aliphatic heterocycles. The summed E-state index contributed by atoms with van der Waals surface area (Å²) in [5, 5.41) is 8.86. The number of carbonyl (C=O) groups is 2. The van der Waals surface area contributed by atoms with Gasteiger partial charge in [-0.3, -0.25) is 9.59 Å². The van der Waals surface area contributed by atoms with Gasteiger partial charge < -0.3 is 16.0 Å². The van der Waals surface area contributed by atoms with Gasteiger partial charge in [-0.1, -0.05) is 0 Å². The fraction of sp³-hybridized carbons (Fsp3) is 0.467. The number of benzene rings is 1. The van der Waals surface area contributed by atoms with Crippen molar-refractivity contribution in [1.82, 2.24) is 5.32 Å². The van der Waals surface area contributed by atoms with Crippen LogP contribution in [-0.4, -0.2) is 24.9 Å². The van der Waals surface area contributed by atoms with Crippen molar-refractivity contribution in [2.24, 2.45) is 5.92 Å². The molecule has 5 nitrogen and oxygen atoms in total. The maximum Gasteiger partial charge on any atom is 0.224 e. The summed E-state index contributed by atoms with van der Waals surface area (Å²) in [6.45, 7) is 3.56. The minimum Gasteiger partial charge on any atom is -0.326 e. The lowest BCUT2D eigenvalue weighted by molar-refractivity contribution is -0.116. The minimum atomic E-state index is -0.105. The van der Waals surface area contributed by atoms with Crippen LogP contribution in [0.4, 0.5) is 11.4 Å². The van der Waals surface area contributed by atoms with Crippen LogP contribution >= 0.6 is 0 Å². The molecule has 1 fully saturated rings. The summed E-state index contributed by atoms with van der Waals surface area (Å²) in [7, 11) is 0. The van der Waals surface area contributed by atoms with Crippen LogP contribution in [0.5, 0.6) is 0 Å². The van der Waals surface area contributed by atoms with Gasteiger partial charge in [0, 0.05) is 24.7 Å². The van der Waals surface area contributed by atoms with E-state index in [1.165, 1.54) is 13.3 Å². The molecule has 0 spiro atoms. The SMILES string of the molecule is CC(=O)Nc1ccc(NC(=O)CCC2CCNC2)cc1. The van der Waals surface area contributed by atoms with E-state index in [9.17, 15) is 9.59 Å². The van der Waals surface area contributed by atoms with E-state index in [4.69, 9.17) is 0 Å². The van der Waals surface area contributed by atoms with E-state index in [-0.39, 0.29) is 11.8 Å². The van der Waals surface area contributed by atoms with Crippen LogP contribution in [-0.2, 0) is 9.59 Å². The highest BCUT2D eigenvalue weighted by molar-refractivity contribution is 5.92. The van der Waals surface area contributed by atoms with Gasteiger partial charge in [-0.2, -0.15) is 0 Å². The molecule has 20 heavy (non-hydrogen) atoms. The smallest absolute Gasteiger partial charge is 0.224 e. The van der Waals surface area contributed by atoms with Crippen molar-refractivity contribution in [3.8, 4) is 0 Å². The van der Waals surface area contributed by atoms with Gasteiger partial charge in [0.1, 0.15) is 0 Å². The highest BCUT2D eigenvalue weighted by Crippen LogP contribution is 2.16. The van der Waals surface area contributed by atoms with E-state index in [1.54, 1.807) is 24.3 Å². The molecule has 108 valence electrons.